The number of hydrogen-bond acceptors (Lipinski definition) is 9. The minimum atomic E-state index is -1.11. The molecule has 11 nitrogen and oxygen atoms in total. The number of nitrogens with one attached hydrogen (secondary N) is 2. The molecule has 0 bridgehead atoms. The van der Waals surface area contributed by atoms with Gasteiger partial charge in [-0.1, -0.05) is 42.1 Å². The van der Waals surface area contributed by atoms with Crippen molar-refractivity contribution in [2.75, 3.05) is 12.5 Å². The lowest BCUT2D eigenvalue weighted by atomic mass is 9.93. The standard InChI is InChI=1S/C23H21N5O6S/c1-23(10-9-14-5-3-2-4-6-14)20(30)28(21(31)24-23)27-18(29)12-35-22-26-25-19(34-22)15-7-8-16-17(11-15)33-13-32-16/h2-8,11H,9-10,12-13H2,1H3,(H,24,31)(H,27,29). The Kier molecular flexibility index (Phi) is 6.03. The van der Waals surface area contributed by atoms with Crippen LogP contribution in [0.25, 0.3) is 11.5 Å². The normalized spacial score (nSPS) is 18.6. The highest BCUT2D eigenvalue weighted by atomic mass is 32.2. The third kappa shape index (κ3) is 4.78. The van der Waals surface area contributed by atoms with Gasteiger partial charge in [0.25, 0.3) is 11.1 Å². The number of amides is 4. The molecular formula is C23H21N5O6S. The second-order valence-electron chi connectivity index (χ2n) is 8.15. The van der Waals surface area contributed by atoms with Crippen LogP contribution < -0.4 is 20.2 Å². The van der Waals surface area contributed by atoms with Crippen LogP contribution in [0.4, 0.5) is 4.79 Å². The van der Waals surface area contributed by atoms with E-state index in [1.807, 2.05) is 30.3 Å². The second-order valence-corrected chi connectivity index (χ2v) is 9.08. The molecule has 0 spiro atoms. The van der Waals surface area contributed by atoms with E-state index in [1.165, 1.54) is 0 Å². The Morgan fingerprint density at radius 1 is 1.14 bits per heavy atom. The number of imide groups is 1. The smallest absolute Gasteiger partial charge is 0.344 e. The van der Waals surface area contributed by atoms with Crippen LogP contribution in [-0.4, -0.2) is 51.1 Å². The van der Waals surface area contributed by atoms with Gasteiger partial charge in [0.1, 0.15) is 5.54 Å². The Hall–Kier alpha value is -4.06. The number of carbonyl (C=O) groups excluding carboxylic acids is 3. The number of benzene rings is 2. The first kappa shape index (κ1) is 22.7. The molecule has 4 amide bonds. The van der Waals surface area contributed by atoms with Crippen molar-refractivity contribution < 1.29 is 28.3 Å². The van der Waals surface area contributed by atoms with Gasteiger partial charge in [-0.25, -0.2) is 4.79 Å². The van der Waals surface area contributed by atoms with Gasteiger partial charge >= 0.3 is 6.03 Å². The zero-order chi connectivity index (χ0) is 24.4. The zero-order valence-electron chi connectivity index (χ0n) is 18.6. The van der Waals surface area contributed by atoms with Crippen molar-refractivity contribution in [3.63, 3.8) is 0 Å². The number of aromatic nitrogens is 2. The van der Waals surface area contributed by atoms with Gasteiger partial charge in [0.2, 0.25) is 18.6 Å². The topological polar surface area (TPSA) is 136 Å². The predicted molar refractivity (Wildman–Crippen MR) is 123 cm³/mol. The van der Waals surface area contributed by atoms with Crippen LogP contribution in [0.15, 0.2) is 58.2 Å². The molecule has 0 saturated carbocycles. The first-order valence-electron chi connectivity index (χ1n) is 10.8. The summed E-state index contributed by atoms with van der Waals surface area (Å²) in [4.78, 5) is 37.7. The van der Waals surface area contributed by atoms with Gasteiger partial charge in [-0.05, 0) is 43.5 Å². The van der Waals surface area contributed by atoms with E-state index in [1.54, 1.807) is 25.1 Å². The van der Waals surface area contributed by atoms with Crippen LogP contribution in [-0.2, 0) is 16.0 Å². The zero-order valence-corrected chi connectivity index (χ0v) is 19.5. The maximum atomic E-state index is 12.9. The number of fused-ring (bicyclic) bond motifs is 1. The van der Waals surface area contributed by atoms with E-state index in [0.29, 0.717) is 29.9 Å². The number of aryl methyl sites for hydroxylation is 1. The predicted octanol–water partition coefficient (Wildman–Crippen LogP) is 2.53. The molecule has 3 aromatic rings. The van der Waals surface area contributed by atoms with E-state index in [9.17, 15) is 14.4 Å². The van der Waals surface area contributed by atoms with Gasteiger partial charge in [-0.15, -0.1) is 10.2 Å². The number of ether oxygens (including phenoxy) is 2. The molecular weight excluding hydrogens is 474 g/mol. The van der Waals surface area contributed by atoms with Gasteiger partial charge in [0, 0.05) is 5.56 Å². The molecule has 2 aliphatic heterocycles. The maximum Gasteiger partial charge on any atom is 0.344 e. The first-order chi connectivity index (χ1) is 16.9. The fraction of sp³-hybridized carbons (Fsp3) is 0.261. The molecule has 3 heterocycles. The van der Waals surface area contributed by atoms with Crippen molar-refractivity contribution in [3.8, 4) is 23.0 Å². The Balaban J connectivity index is 1.15. The van der Waals surface area contributed by atoms with Crippen LogP contribution in [0, 0.1) is 0 Å². The number of urea groups is 1. The fourth-order valence-corrected chi connectivity index (χ4v) is 4.25. The molecule has 2 aliphatic rings. The van der Waals surface area contributed by atoms with Crippen molar-refractivity contribution in [1.29, 1.82) is 0 Å². The van der Waals surface area contributed by atoms with Crippen LogP contribution in [0.3, 0.4) is 0 Å². The Morgan fingerprint density at radius 3 is 2.77 bits per heavy atom. The lowest BCUT2D eigenvalue weighted by Crippen LogP contribution is -2.49. The van der Waals surface area contributed by atoms with Crippen LogP contribution >= 0.6 is 11.8 Å². The average Bonchev–Trinajstić information content (AvgIpc) is 3.58. The lowest BCUT2D eigenvalue weighted by Gasteiger charge is -2.21. The number of hydrazine groups is 1. The summed E-state index contributed by atoms with van der Waals surface area (Å²) in [5.41, 5.74) is 2.94. The lowest BCUT2D eigenvalue weighted by molar-refractivity contribution is -0.138. The molecule has 35 heavy (non-hydrogen) atoms. The van der Waals surface area contributed by atoms with Crippen LogP contribution in [0.2, 0.25) is 0 Å². The van der Waals surface area contributed by atoms with E-state index in [2.05, 4.69) is 20.9 Å². The Labute approximate surface area is 204 Å². The average molecular weight is 496 g/mol. The summed E-state index contributed by atoms with van der Waals surface area (Å²) < 4.78 is 16.2. The number of nitrogens with zero attached hydrogens (tertiary/aromatic N) is 3. The van der Waals surface area contributed by atoms with E-state index in [4.69, 9.17) is 13.9 Å². The van der Waals surface area contributed by atoms with Gasteiger partial charge in [-0.2, -0.15) is 5.01 Å². The van der Waals surface area contributed by atoms with Crippen molar-refractivity contribution in [2.24, 2.45) is 0 Å². The molecule has 1 aromatic heterocycles. The molecule has 1 unspecified atom stereocenters. The third-order valence-corrected chi connectivity index (χ3v) is 6.43. The molecule has 1 fully saturated rings. The molecule has 0 aliphatic carbocycles. The molecule has 2 aromatic carbocycles. The maximum absolute atomic E-state index is 12.9. The SMILES string of the molecule is CC1(CCc2ccccc2)NC(=O)N(NC(=O)CSc2nnc(-c3ccc4c(c3)OCO4)o2)C1=O. The Morgan fingerprint density at radius 2 is 1.94 bits per heavy atom. The third-order valence-electron chi connectivity index (χ3n) is 5.61. The highest BCUT2D eigenvalue weighted by molar-refractivity contribution is 7.99. The molecule has 1 saturated heterocycles. The molecule has 5 rings (SSSR count). The van der Waals surface area contributed by atoms with Crippen LogP contribution in [0.5, 0.6) is 11.5 Å². The van der Waals surface area contributed by atoms with E-state index >= 15 is 0 Å². The van der Waals surface area contributed by atoms with Gasteiger partial charge in [0.05, 0.1) is 5.75 Å². The Bertz CT molecular complexity index is 1280. The quantitative estimate of drug-likeness (QED) is 0.357. The first-order valence-corrected chi connectivity index (χ1v) is 11.8. The molecule has 2 N–H and O–H groups in total. The number of thioether (sulfide) groups is 1. The minimum Gasteiger partial charge on any atom is -0.454 e. The van der Waals surface area contributed by atoms with Crippen molar-refractivity contribution in [1.82, 2.24) is 25.9 Å². The number of rotatable bonds is 8. The van der Waals surface area contributed by atoms with E-state index in [0.717, 1.165) is 22.3 Å². The summed E-state index contributed by atoms with van der Waals surface area (Å²) in [7, 11) is 0. The minimum absolute atomic E-state index is 0.138. The number of hydrogen-bond donors (Lipinski definition) is 2. The molecule has 1 atom stereocenters. The summed E-state index contributed by atoms with van der Waals surface area (Å²) in [6.45, 7) is 1.80. The molecule has 180 valence electrons. The van der Waals surface area contributed by atoms with Crippen molar-refractivity contribution in [3.05, 3.63) is 54.1 Å². The van der Waals surface area contributed by atoms with Gasteiger partial charge < -0.3 is 19.2 Å². The number of carbonyl (C=O) groups is 3. The highest BCUT2D eigenvalue weighted by Gasteiger charge is 2.48. The van der Waals surface area contributed by atoms with Crippen molar-refractivity contribution in [2.45, 2.75) is 30.5 Å². The summed E-state index contributed by atoms with van der Waals surface area (Å²) >= 11 is 0.985. The van der Waals surface area contributed by atoms with Crippen molar-refractivity contribution >= 4 is 29.6 Å². The molecule has 12 heteroatoms. The van der Waals surface area contributed by atoms with Gasteiger partial charge in [0.15, 0.2) is 11.5 Å². The fourth-order valence-electron chi connectivity index (χ4n) is 3.69. The molecule has 0 radical (unpaired) electrons. The monoisotopic (exact) mass is 495 g/mol. The van der Waals surface area contributed by atoms with Crippen LogP contribution in [0.1, 0.15) is 18.9 Å². The summed E-state index contributed by atoms with van der Waals surface area (Å²) in [5.74, 6) is 0.262. The van der Waals surface area contributed by atoms with E-state index < -0.39 is 23.4 Å². The largest absolute Gasteiger partial charge is 0.454 e. The second kappa shape index (κ2) is 9.29. The summed E-state index contributed by atoms with van der Waals surface area (Å²) in [5, 5.41) is 11.5. The van der Waals surface area contributed by atoms with E-state index in [-0.39, 0.29) is 23.7 Å². The summed E-state index contributed by atoms with van der Waals surface area (Å²) in [6.07, 6.45) is 0.997. The summed E-state index contributed by atoms with van der Waals surface area (Å²) in [6, 6.07) is 14.2. The van der Waals surface area contributed by atoms with Gasteiger partial charge in [-0.3, -0.25) is 15.0 Å². The highest BCUT2D eigenvalue weighted by Crippen LogP contribution is 2.36.